The predicted molar refractivity (Wildman–Crippen MR) is 44.6 cm³/mol. The van der Waals surface area contributed by atoms with Gasteiger partial charge in [-0.05, 0) is 18.3 Å². The van der Waals surface area contributed by atoms with Gasteiger partial charge in [0.25, 0.3) is 0 Å². The largest absolute Gasteiger partial charge is 0.291 e. The number of Topliss-reactive ketones (excluding diaryl/α,β-unsaturated/α-hetero) is 2. The minimum absolute atomic E-state index is 0.321. The number of ketones is 2. The fraction of sp³-hybridized carbons (Fsp3) is 0.800. The van der Waals surface area contributed by atoms with Crippen molar-refractivity contribution in [1.29, 1.82) is 0 Å². The normalized spacial score (nSPS) is 51.4. The Kier molecular flexibility index (Phi) is 1.03. The first-order chi connectivity index (χ1) is 5.77. The molecular formula is C10H14O2. The van der Waals surface area contributed by atoms with Crippen LogP contribution in [0.4, 0.5) is 0 Å². The van der Waals surface area contributed by atoms with Crippen LogP contribution in [0.15, 0.2) is 0 Å². The average Bonchev–Trinajstić information content (AvgIpc) is 2.28. The minimum atomic E-state index is -1.14. The van der Waals surface area contributed by atoms with Crippen LogP contribution in [-0.4, -0.2) is 11.6 Å². The maximum atomic E-state index is 11.6. The molecular weight excluding hydrogens is 152 g/mol. The summed E-state index contributed by atoms with van der Waals surface area (Å²) in [5.74, 6) is -1.93. The van der Waals surface area contributed by atoms with Gasteiger partial charge in [0, 0.05) is 12.7 Å². The standard InChI is InChI=1S/C10H14O2/c1-9(2)6-4-5-10(9,3)8(12)7(6)11/h6H,4-5H2,1-3H3/i6D. The maximum Gasteiger partial charge on any atom is 0.205 e. The van der Waals surface area contributed by atoms with Crippen molar-refractivity contribution in [3.63, 3.8) is 0 Å². The van der Waals surface area contributed by atoms with E-state index < -0.39 is 22.5 Å². The van der Waals surface area contributed by atoms with Crippen LogP contribution in [-0.2, 0) is 9.59 Å². The van der Waals surface area contributed by atoms with E-state index in [0.717, 1.165) is 0 Å². The molecule has 2 atom stereocenters. The molecule has 2 fully saturated rings. The van der Waals surface area contributed by atoms with Crippen LogP contribution in [0.5, 0.6) is 0 Å². The lowest BCUT2D eigenvalue weighted by Gasteiger charge is -2.31. The first-order valence-electron chi connectivity index (χ1n) is 4.87. The highest BCUT2D eigenvalue weighted by Crippen LogP contribution is 2.61. The zero-order valence-corrected chi connectivity index (χ0v) is 7.73. The van der Waals surface area contributed by atoms with Crippen molar-refractivity contribution in [2.45, 2.75) is 33.6 Å². The molecule has 66 valence electrons. The summed E-state index contributed by atoms with van der Waals surface area (Å²) in [5.41, 5.74) is -1.07. The summed E-state index contributed by atoms with van der Waals surface area (Å²) >= 11 is 0. The zero-order chi connectivity index (χ0) is 10.1. The van der Waals surface area contributed by atoms with Gasteiger partial charge in [0.05, 0.1) is 0 Å². The predicted octanol–water partition coefficient (Wildman–Crippen LogP) is 1.58. The Balaban J connectivity index is 2.68. The maximum absolute atomic E-state index is 11.6. The number of rotatable bonds is 0. The van der Waals surface area contributed by atoms with Gasteiger partial charge in [0.1, 0.15) is 0 Å². The van der Waals surface area contributed by atoms with Gasteiger partial charge >= 0.3 is 0 Å². The van der Waals surface area contributed by atoms with E-state index in [1.54, 1.807) is 0 Å². The van der Waals surface area contributed by atoms with E-state index in [-0.39, 0.29) is 5.78 Å². The van der Waals surface area contributed by atoms with Gasteiger partial charge in [-0.25, -0.2) is 0 Å². The molecule has 0 aromatic rings. The van der Waals surface area contributed by atoms with Crippen molar-refractivity contribution in [1.82, 2.24) is 0 Å². The van der Waals surface area contributed by atoms with E-state index in [1.807, 2.05) is 20.8 Å². The van der Waals surface area contributed by atoms with Crippen molar-refractivity contribution < 1.29 is 11.0 Å². The van der Waals surface area contributed by atoms with Crippen LogP contribution in [0.1, 0.15) is 35.0 Å². The number of carbonyl (C=O) groups is 2. The van der Waals surface area contributed by atoms with E-state index >= 15 is 0 Å². The molecule has 0 spiro atoms. The molecule has 2 bridgehead atoms. The Morgan fingerprint density at radius 1 is 1.42 bits per heavy atom. The quantitative estimate of drug-likeness (QED) is 0.513. The molecule has 2 unspecified atom stereocenters. The average molecular weight is 167 g/mol. The number of carbonyl (C=O) groups excluding carboxylic acids is 2. The van der Waals surface area contributed by atoms with Gasteiger partial charge in [0.15, 0.2) is 0 Å². The second-order valence-corrected chi connectivity index (χ2v) is 4.59. The molecule has 2 rings (SSSR count). The second-order valence-electron chi connectivity index (χ2n) is 4.59. The minimum Gasteiger partial charge on any atom is -0.291 e. The molecule has 0 heterocycles. The lowest BCUT2D eigenvalue weighted by Crippen LogP contribution is -2.33. The number of hydrogen-bond acceptors (Lipinski definition) is 2. The van der Waals surface area contributed by atoms with Crippen LogP contribution in [0.2, 0.25) is 0 Å². The Hall–Kier alpha value is -0.660. The Morgan fingerprint density at radius 3 is 2.25 bits per heavy atom. The summed E-state index contributed by atoms with van der Waals surface area (Å²) in [4.78, 5) is 23.2. The fourth-order valence-corrected chi connectivity index (χ4v) is 2.52. The molecule has 0 aromatic carbocycles. The van der Waals surface area contributed by atoms with E-state index in [4.69, 9.17) is 1.37 Å². The summed E-state index contributed by atoms with van der Waals surface area (Å²) in [6, 6.07) is 0. The highest BCUT2D eigenvalue weighted by Gasteiger charge is 2.66. The van der Waals surface area contributed by atoms with Crippen molar-refractivity contribution in [3.05, 3.63) is 0 Å². The monoisotopic (exact) mass is 167 g/mol. The molecule has 0 aromatic heterocycles. The molecule has 0 saturated heterocycles. The van der Waals surface area contributed by atoms with E-state index in [1.165, 1.54) is 0 Å². The summed E-state index contributed by atoms with van der Waals surface area (Å²) in [6.07, 6.45) is 1.23. The molecule has 2 nitrogen and oxygen atoms in total. The first kappa shape index (κ1) is 6.81. The Labute approximate surface area is 73.7 Å². The molecule has 2 aliphatic rings. The Bertz CT molecular complexity index is 291. The van der Waals surface area contributed by atoms with Crippen LogP contribution >= 0.6 is 0 Å². The Morgan fingerprint density at radius 2 is 2.00 bits per heavy atom. The van der Waals surface area contributed by atoms with Crippen LogP contribution in [0.3, 0.4) is 0 Å². The molecule has 2 aliphatic carbocycles. The summed E-state index contributed by atoms with van der Waals surface area (Å²) < 4.78 is 8.06. The number of fused-ring (bicyclic) bond motifs is 2. The summed E-state index contributed by atoms with van der Waals surface area (Å²) in [6.45, 7) is 5.57. The van der Waals surface area contributed by atoms with Crippen molar-refractivity contribution in [3.8, 4) is 0 Å². The lowest BCUT2D eigenvalue weighted by molar-refractivity contribution is -0.141. The third-order valence-electron chi connectivity index (χ3n) is 3.99. The topological polar surface area (TPSA) is 34.1 Å². The smallest absolute Gasteiger partial charge is 0.205 e. The van der Waals surface area contributed by atoms with Crippen molar-refractivity contribution in [2.24, 2.45) is 16.7 Å². The molecule has 0 radical (unpaired) electrons. The van der Waals surface area contributed by atoms with Gasteiger partial charge in [0.2, 0.25) is 11.6 Å². The van der Waals surface area contributed by atoms with Gasteiger partial charge in [-0.15, -0.1) is 0 Å². The van der Waals surface area contributed by atoms with Gasteiger partial charge in [-0.3, -0.25) is 9.59 Å². The van der Waals surface area contributed by atoms with Crippen LogP contribution < -0.4 is 0 Å². The van der Waals surface area contributed by atoms with Crippen LogP contribution in [0.25, 0.3) is 0 Å². The van der Waals surface area contributed by atoms with E-state index in [2.05, 4.69) is 0 Å². The third-order valence-corrected chi connectivity index (χ3v) is 3.99. The molecule has 2 saturated carbocycles. The van der Waals surface area contributed by atoms with Crippen molar-refractivity contribution in [2.75, 3.05) is 0 Å². The van der Waals surface area contributed by atoms with Crippen LogP contribution in [0, 0.1) is 16.7 Å². The molecule has 2 heteroatoms. The summed E-state index contributed by atoms with van der Waals surface area (Å²) in [5, 5.41) is 0. The second kappa shape index (κ2) is 1.81. The molecule has 12 heavy (non-hydrogen) atoms. The summed E-state index contributed by atoms with van der Waals surface area (Å²) in [7, 11) is 0. The molecule has 0 aliphatic heterocycles. The SMILES string of the molecule is [2H]C12CCC(C)(C(=O)C1=O)C2(C)C. The van der Waals surface area contributed by atoms with E-state index in [0.29, 0.717) is 12.8 Å². The lowest BCUT2D eigenvalue weighted by atomic mass is 9.70. The van der Waals surface area contributed by atoms with Crippen molar-refractivity contribution >= 4 is 11.6 Å². The first-order valence-corrected chi connectivity index (χ1v) is 4.37. The molecule has 0 N–H and O–H groups in total. The highest BCUT2D eigenvalue weighted by atomic mass is 16.2. The van der Waals surface area contributed by atoms with Gasteiger partial charge in [-0.2, -0.15) is 0 Å². The van der Waals surface area contributed by atoms with Gasteiger partial charge in [-0.1, -0.05) is 20.8 Å². The fourth-order valence-electron chi connectivity index (χ4n) is 2.52. The highest BCUT2D eigenvalue weighted by molar-refractivity contribution is 6.43. The van der Waals surface area contributed by atoms with E-state index in [9.17, 15) is 9.59 Å². The number of hydrogen-bond donors (Lipinski definition) is 0. The van der Waals surface area contributed by atoms with Gasteiger partial charge < -0.3 is 0 Å². The third kappa shape index (κ3) is 0.551. The molecule has 0 amide bonds. The zero-order valence-electron chi connectivity index (χ0n) is 8.73.